The van der Waals surface area contributed by atoms with Gasteiger partial charge in [-0.3, -0.25) is 0 Å². The molecule has 1 aliphatic rings. The van der Waals surface area contributed by atoms with Crippen LogP contribution in [0.3, 0.4) is 0 Å². The maximum absolute atomic E-state index is 9.98. The third-order valence-electron chi connectivity index (χ3n) is 3.99. The summed E-state index contributed by atoms with van der Waals surface area (Å²) in [6.45, 7) is 4.77. The smallest absolute Gasteiger partial charge is 0.0735 e. The Morgan fingerprint density at radius 2 is 2.15 bits per heavy atom. The van der Waals surface area contributed by atoms with Crippen LogP contribution in [0, 0.1) is 6.92 Å². The van der Waals surface area contributed by atoms with Gasteiger partial charge in [0.1, 0.15) is 0 Å². The van der Waals surface area contributed by atoms with Crippen LogP contribution in [0.1, 0.15) is 17.5 Å². The number of likely N-dealkylation sites (N-methyl/N-ethyl adjacent to an activating group) is 1. The third kappa shape index (κ3) is 3.51. The molecule has 0 saturated carbocycles. The Morgan fingerprint density at radius 3 is 2.75 bits per heavy atom. The van der Waals surface area contributed by atoms with Gasteiger partial charge in [-0.15, -0.1) is 0 Å². The number of β-amino-alcohol motifs (C(OH)–C–C–N with tert-alkyl or cyclic N) is 1. The molecule has 2 rings (SSSR count). The fourth-order valence-corrected chi connectivity index (χ4v) is 3.05. The largest absolute Gasteiger partial charge is 0.391 e. The topological polar surface area (TPSA) is 38.7 Å². The van der Waals surface area contributed by atoms with E-state index in [1.54, 1.807) is 0 Å². The Morgan fingerprint density at radius 1 is 1.40 bits per heavy atom. The Balaban J connectivity index is 2.18. The number of rotatable bonds is 5. The third-order valence-corrected chi connectivity index (χ3v) is 3.99. The van der Waals surface area contributed by atoms with Crippen LogP contribution >= 0.6 is 0 Å². The van der Waals surface area contributed by atoms with Crippen LogP contribution in [0.5, 0.6) is 0 Å². The first-order valence-corrected chi connectivity index (χ1v) is 7.35. The van der Waals surface area contributed by atoms with E-state index in [2.05, 4.69) is 54.3 Å². The molecule has 1 fully saturated rings. The maximum Gasteiger partial charge on any atom is 0.0735 e. The van der Waals surface area contributed by atoms with Crippen molar-refractivity contribution in [3.05, 3.63) is 29.3 Å². The first kappa shape index (κ1) is 15.3. The molecule has 0 spiro atoms. The zero-order valence-electron chi connectivity index (χ0n) is 13.1. The minimum atomic E-state index is -0.211. The van der Waals surface area contributed by atoms with Crippen LogP contribution in [0.4, 0.5) is 5.69 Å². The summed E-state index contributed by atoms with van der Waals surface area (Å²) in [5.74, 6) is 0. The summed E-state index contributed by atoms with van der Waals surface area (Å²) >= 11 is 0. The number of anilines is 1. The molecule has 1 aliphatic heterocycles. The van der Waals surface area contributed by atoms with E-state index in [1.807, 2.05) is 7.05 Å². The molecular weight excluding hydrogens is 250 g/mol. The molecule has 1 aromatic carbocycles. The average Bonchev–Trinajstić information content (AvgIpc) is 2.72. The van der Waals surface area contributed by atoms with E-state index in [0.717, 1.165) is 26.1 Å². The molecule has 0 aliphatic carbocycles. The van der Waals surface area contributed by atoms with Gasteiger partial charge in [-0.05, 0) is 57.7 Å². The second-order valence-electron chi connectivity index (χ2n) is 6.10. The molecule has 1 heterocycles. The number of aliphatic hydroxyl groups is 1. The standard InChI is InChI=1S/C16H27N3O/c1-12-7-14(6-5-13(12)9-17-2)19-11-16(20)8-15(19)10-18(3)4/h5-7,15-17,20H,8-11H2,1-4H3. The van der Waals surface area contributed by atoms with Gasteiger partial charge < -0.3 is 20.2 Å². The van der Waals surface area contributed by atoms with E-state index >= 15 is 0 Å². The summed E-state index contributed by atoms with van der Waals surface area (Å²) in [6.07, 6.45) is 0.646. The first-order chi connectivity index (χ1) is 9.51. The highest BCUT2D eigenvalue weighted by atomic mass is 16.3. The number of hydrogen-bond acceptors (Lipinski definition) is 4. The molecule has 4 heteroatoms. The molecule has 2 atom stereocenters. The first-order valence-electron chi connectivity index (χ1n) is 7.35. The number of hydrogen-bond donors (Lipinski definition) is 2. The highest BCUT2D eigenvalue weighted by molar-refractivity contribution is 5.53. The van der Waals surface area contributed by atoms with Crippen LogP contribution in [0.2, 0.25) is 0 Å². The molecule has 112 valence electrons. The number of aryl methyl sites for hydroxylation is 1. The number of nitrogens with zero attached hydrogens (tertiary/aromatic N) is 2. The molecule has 0 radical (unpaired) electrons. The Hall–Kier alpha value is -1.10. The fourth-order valence-electron chi connectivity index (χ4n) is 3.05. The molecular formula is C16H27N3O. The van der Waals surface area contributed by atoms with Gasteiger partial charge in [0.05, 0.1) is 6.10 Å². The minimum absolute atomic E-state index is 0.211. The summed E-state index contributed by atoms with van der Waals surface area (Å²) in [4.78, 5) is 4.54. The lowest BCUT2D eigenvalue weighted by molar-refractivity contribution is 0.191. The van der Waals surface area contributed by atoms with Crippen molar-refractivity contribution >= 4 is 5.69 Å². The van der Waals surface area contributed by atoms with Gasteiger partial charge in [-0.25, -0.2) is 0 Å². The number of aliphatic hydroxyl groups excluding tert-OH is 1. The van der Waals surface area contributed by atoms with E-state index < -0.39 is 0 Å². The van der Waals surface area contributed by atoms with Crippen molar-refractivity contribution in [1.29, 1.82) is 0 Å². The van der Waals surface area contributed by atoms with E-state index in [1.165, 1.54) is 16.8 Å². The van der Waals surface area contributed by atoms with Crippen LogP contribution < -0.4 is 10.2 Å². The molecule has 2 unspecified atom stereocenters. The van der Waals surface area contributed by atoms with E-state index in [9.17, 15) is 5.11 Å². The van der Waals surface area contributed by atoms with Gasteiger partial charge in [0, 0.05) is 31.4 Å². The quantitative estimate of drug-likeness (QED) is 0.849. The van der Waals surface area contributed by atoms with Crippen LogP contribution in [-0.2, 0) is 6.54 Å². The number of nitrogens with one attached hydrogen (secondary N) is 1. The Kier molecular flexibility index (Phi) is 5.02. The zero-order valence-corrected chi connectivity index (χ0v) is 13.1. The van der Waals surface area contributed by atoms with E-state index in [4.69, 9.17) is 0 Å². The number of benzene rings is 1. The van der Waals surface area contributed by atoms with Crippen molar-refractivity contribution in [2.24, 2.45) is 0 Å². The van der Waals surface area contributed by atoms with Crippen molar-refractivity contribution in [3.63, 3.8) is 0 Å². The van der Waals surface area contributed by atoms with Crippen LogP contribution in [-0.4, -0.2) is 56.4 Å². The lowest BCUT2D eigenvalue weighted by Gasteiger charge is -2.29. The van der Waals surface area contributed by atoms with Gasteiger partial charge in [-0.2, -0.15) is 0 Å². The molecule has 20 heavy (non-hydrogen) atoms. The van der Waals surface area contributed by atoms with Crippen molar-refractivity contribution in [1.82, 2.24) is 10.2 Å². The zero-order chi connectivity index (χ0) is 14.7. The molecule has 0 aromatic heterocycles. The van der Waals surface area contributed by atoms with Gasteiger partial charge in [0.2, 0.25) is 0 Å². The monoisotopic (exact) mass is 277 g/mol. The fraction of sp³-hybridized carbons (Fsp3) is 0.625. The summed E-state index contributed by atoms with van der Waals surface area (Å²) in [5, 5.41) is 13.2. The molecule has 0 bridgehead atoms. The SMILES string of the molecule is CNCc1ccc(N2CC(O)CC2CN(C)C)cc1C. The highest BCUT2D eigenvalue weighted by Gasteiger charge is 2.31. The van der Waals surface area contributed by atoms with Crippen molar-refractivity contribution in [2.75, 3.05) is 39.1 Å². The summed E-state index contributed by atoms with van der Waals surface area (Å²) in [6, 6.07) is 7.02. The lowest BCUT2D eigenvalue weighted by atomic mass is 10.1. The Labute approximate surface area is 122 Å². The van der Waals surface area contributed by atoms with Crippen LogP contribution in [0.25, 0.3) is 0 Å². The Bertz CT molecular complexity index is 447. The predicted molar refractivity (Wildman–Crippen MR) is 84.3 cm³/mol. The highest BCUT2D eigenvalue weighted by Crippen LogP contribution is 2.28. The van der Waals surface area contributed by atoms with E-state index in [0.29, 0.717) is 6.04 Å². The van der Waals surface area contributed by atoms with Gasteiger partial charge in [0.15, 0.2) is 0 Å². The molecule has 1 aromatic rings. The molecule has 2 N–H and O–H groups in total. The maximum atomic E-state index is 9.98. The van der Waals surface area contributed by atoms with Crippen molar-refractivity contribution in [2.45, 2.75) is 32.0 Å². The second kappa shape index (κ2) is 6.57. The summed E-state index contributed by atoms with van der Waals surface area (Å²) in [5.41, 5.74) is 3.87. The average molecular weight is 277 g/mol. The van der Waals surface area contributed by atoms with Gasteiger partial charge in [-0.1, -0.05) is 6.07 Å². The van der Waals surface area contributed by atoms with Gasteiger partial charge in [0.25, 0.3) is 0 Å². The molecule has 4 nitrogen and oxygen atoms in total. The van der Waals surface area contributed by atoms with Crippen molar-refractivity contribution in [3.8, 4) is 0 Å². The van der Waals surface area contributed by atoms with Crippen molar-refractivity contribution < 1.29 is 5.11 Å². The second-order valence-corrected chi connectivity index (χ2v) is 6.10. The van der Waals surface area contributed by atoms with Crippen LogP contribution in [0.15, 0.2) is 18.2 Å². The summed E-state index contributed by atoms with van der Waals surface area (Å²) < 4.78 is 0. The minimum Gasteiger partial charge on any atom is -0.391 e. The summed E-state index contributed by atoms with van der Waals surface area (Å²) in [7, 11) is 6.14. The lowest BCUT2D eigenvalue weighted by Crippen LogP contribution is -2.37. The predicted octanol–water partition coefficient (Wildman–Crippen LogP) is 1.22. The molecule has 0 amide bonds. The molecule has 1 saturated heterocycles. The van der Waals surface area contributed by atoms with E-state index in [-0.39, 0.29) is 6.10 Å². The normalized spacial score (nSPS) is 22.8. The van der Waals surface area contributed by atoms with Gasteiger partial charge >= 0.3 is 0 Å².